The van der Waals surface area contributed by atoms with Gasteiger partial charge in [0.1, 0.15) is 35.1 Å². The van der Waals surface area contributed by atoms with Crippen LogP contribution in [0.4, 0.5) is 28.9 Å². The number of pyridine rings is 1. The van der Waals surface area contributed by atoms with Gasteiger partial charge in [-0.3, -0.25) is 9.78 Å². The molecule has 2 aromatic carbocycles. The summed E-state index contributed by atoms with van der Waals surface area (Å²) in [6.07, 6.45) is 4.84. The van der Waals surface area contributed by atoms with E-state index >= 15 is 13.2 Å². The van der Waals surface area contributed by atoms with E-state index in [9.17, 15) is 9.18 Å². The Labute approximate surface area is 229 Å². The van der Waals surface area contributed by atoms with Crippen LogP contribution in [0.5, 0.6) is 5.75 Å². The van der Waals surface area contributed by atoms with Crippen molar-refractivity contribution in [3.05, 3.63) is 71.6 Å². The van der Waals surface area contributed by atoms with Crippen LogP contribution >= 0.6 is 0 Å². The molecule has 3 heterocycles. The van der Waals surface area contributed by atoms with Crippen LogP contribution in [-0.4, -0.2) is 49.3 Å². The highest BCUT2D eigenvalue weighted by Crippen LogP contribution is 2.36. The first kappa shape index (κ1) is 27.9. The topological polar surface area (TPSA) is 89.7 Å². The summed E-state index contributed by atoms with van der Waals surface area (Å²) < 4.78 is 71.6. The molecule has 3 atom stereocenters. The maximum atomic E-state index is 15.6. The fourth-order valence-electron chi connectivity index (χ4n) is 5.36. The van der Waals surface area contributed by atoms with Gasteiger partial charge in [0.25, 0.3) is 5.91 Å². The monoisotopic (exact) mass is 558 g/mol. The molecular formula is C29H30F4N4O3. The zero-order valence-corrected chi connectivity index (χ0v) is 21.9. The number of hydrogen-bond donors (Lipinski definition) is 2. The van der Waals surface area contributed by atoms with Crippen LogP contribution in [0.2, 0.25) is 0 Å². The molecule has 2 aliphatic rings. The van der Waals surface area contributed by atoms with Gasteiger partial charge in [-0.2, -0.15) is 0 Å². The van der Waals surface area contributed by atoms with E-state index in [4.69, 9.17) is 15.2 Å². The smallest absolute Gasteiger partial charge is 0.258 e. The van der Waals surface area contributed by atoms with Gasteiger partial charge in [-0.1, -0.05) is 6.92 Å². The second kappa shape index (κ2) is 11.8. The SMILES string of the molecule is C[C@@H]1C[C@H](N)CN(c2ccncc2NC(=O)c2ccc(F)c(-c3c(F)cc(O[C@H]4CCCOC4)cc3F)c2F)C1. The number of amides is 1. The van der Waals surface area contributed by atoms with Crippen LogP contribution in [0.3, 0.4) is 0 Å². The van der Waals surface area contributed by atoms with Gasteiger partial charge in [-0.25, -0.2) is 17.6 Å². The molecule has 2 fully saturated rings. The molecule has 3 N–H and O–H groups in total. The van der Waals surface area contributed by atoms with Crippen molar-refractivity contribution < 1.29 is 31.8 Å². The van der Waals surface area contributed by atoms with Gasteiger partial charge in [0.2, 0.25) is 0 Å². The van der Waals surface area contributed by atoms with Crippen molar-refractivity contribution in [2.45, 2.75) is 38.3 Å². The van der Waals surface area contributed by atoms with Crippen LogP contribution in [-0.2, 0) is 4.74 Å². The lowest BCUT2D eigenvalue weighted by Gasteiger charge is -2.37. The second-order valence-electron chi connectivity index (χ2n) is 10.4. The van der Waals surface area contributed by atoms with E-state index in [1.54, 1.807) is 12.3 Å². The lowest BCUT2D eigenvalue weighted by atomic mass is 9.96. The summed E-state index contributed by atoms with van der Waals surface area (Å²) in [7, 11) is 0. The summed E-state index contributed by atoms with van der Waals surface area (Å²) in [5, 5.41) is 2.61. The van der Waals surface area contributed by atoms with Gasteiger partial charge in [0.15, 0.2) is 0 Å². The van der Waals surface area contributed by atoms with E-state index in [-0.39, 0.29) is 24.5 Å². The van der Waals surface area contributed by atoms with E-state index in [1.165, 1.54) is 6.20 Å². The molecule has 0 spiro atoms. The molecule has 7 nitrogen and oxygen atoms in total. The number of benzene rings is 2. The largest absolute Gasteiger partial charge is 0.488 e. The van der Waals surface area contributed by atoms with E-state index in [0.717, 1.165) is 37.1 Å². The first-order chi connectivity index (χ1) is 19.2. The molecule has 2 saturated heterocycles. The molecule has 1 aromatic heterocycles. The maximum Gasteiger partial charge on any atom is 0.258 e. The van der Waals surface area contributed by atoms with Crippen molar-refractivity contribution in [1.29, 1.82) is 0 Å². The molecular weight excluding hydrogens is 528 g/mol. The van der Waals surface area contributed by atoms with Crippen molar-refractivity contribution >= 4 is 17.3 Å². The molecule has 1 amide bonds. The zero-order valence-electron chi connectivity index (χ0n) is 21.9. The highest BCUT2D eigenvalue weighted by atomic mass is 19.1. The van der Waals surface area contributed by atoms with Crippen molar-refractivity contribution in [2.24, 2.45) is 11.7 Å². The first-order valence-electron chi connectivity index (χ1n) is 13.2. The molecule has 0 bridgehead atoms. The highest BCUT2D eigenvalue weighted by Gasteiger charge is 2.28. The third-order valence-corrected chi connectivity index (χ3v) is 7.10. The average Bonchev–Trinajstić information content (AvgIpc) is 2.90. The van der Waals surface area contributed by atoms with Gasteiger partial charge in [0.05, 0.1) is 40.9 Å². The predicted octanol–water partition coefficient (Wildman–Crippen LogP) is 5.29. The van der Waals surface area contributed by atoms with E-state index in [0.29, 0.717) is 43.4 Å². The average molecular weight is 559 g/mol. The van der Waals surface area contributed by atoms with Gasteiger partial charge in [-0.15, -0.1) is 0 Å². The van der Waals surface area contributed by atoms with Crippen molar-refractivity contribution in [3.8, 4) is 16.9 Å². The van der Waals surface area contributed by atoms with Crippen LogP contribution in [0.1, 0.15) is 36.5 Å². The fourth-order valence-corrected chi connectivity index (χ4v) is 5.36. The molecule has 0 aliphatic carbocycles. The number of anilines is 2. The molecule has 5 rings (SSSR count). The summed E-state index contributed by atoms with van der Waals surface area (Å²) in [5.41, 5.74) is 4.60. The lowest BCUT2D eigenvalue weighted by molar-refractivity contribution is 0.00720. The number of piperidine rings is 1. The maximum absolute atomic E-state index is 15.6. The number of rotatable bonds is 6. The third-order valence-electron chi connectivity index (χ3n) is 7.10. The Morgan fingerprint density at radius 1 is 1.10 bits per heavy atom. The van der Waals surface area contributed by atoms with Crippen LogP contribution in [0, 0.1) is 29.2 Å². The molecule has 3 aromatic rings. The van der Waals surface area contributed by atoms with E-state index in [2.05, 4.69) is 17.2 Å². The standard InChI is InChI=1S/C29H30F4N4O3/c1-16-9-17(34)14-37(13-16)25-6-7-35-12-24(25)36-29(38)20-4-5-21(30)27(28(20)33)26-22(31)10-19(11-23(26)32)40-18-3-2-8-39-15-18/h4-7,10-12,16-18H,2-3,8-9,13-15,34H2,1H3,(H,36,38)/t16-,17+,18+/m1/s1. The minimum Gasteiger partial charge on any atom is -0.488 e. The quantitative estimate of drug-likeness (QED) is 0.400. The summed E-state index contributed by atoms with van der Waals surface area (Å²) >= 11 is 0. The molecule has 0 radical (unpaired) electrons. The minimum atomic E-state index is -1.40. The number of halogens is 4. The number of nitrogens with zero attached hydrogens (tertiary/aromatic N) is 2. The Balaban J connectivity index is 1.43. The lowest BCUT2D eigenvalue weighted by Crippen LogP contribution is -2.46. The number of nitrogens with one attached hydrogen (secondary N) is 1. The Bertz CT molecular complexity index is 1370. The molecule has 0 unspecified atom stereocenters. The second-order valence-corrected chi connectivity index (χ2v) is 10.4. The summed E-state index contributed by atoms with van der Waals surface area (Å²) in [4.78, 5) is 19.2. The predicted molar refractivity (Wildman–Crippen MR) is 142 cm³/mol. The third kappa shape index (κ3) is 5.90. The van der Waals surface area contributed by atoms with Crippen LogP contribution < -0.4 is 20.7 Å². The fraction of sp³-hybridized carbons (Fsp3) is 0.379. The Kier molecular flexibility index (Phi) is 8.22. The highest BCUT2D eigenvalue weighted by molar-refractivity contribution is 6.06. The Hall–Kier alpha value is -3.70. The van der Waals surface area contributed by atoms with E-state index < -0.39 is 45.9 Å². The van der Waals surface area contributed by atoms with Gasteiger partial charge >= 0.3 is 0 Å². The first-order valence-corrected chi connectivity index (χ1v) is 13.2. The van der Waals surface area contributed by atoms with Crippen molar-refractivity contribution in [3.63, 3.8) is 0 Å². The minimum absolute atomic E-state index is 0.0600. The Morgan fingerprint density at radius 3 is 2.58 bits per heavy atom. The number of ether oxygens (including phenoxy) is 2. The van der Waals surface area contributed by atoms with E-state index in [1.807, 2.05) is 4.90 Å². The number of hydrogen-bond acceptors (Lipinski definition) is 6. The Morgan fingerprint density at radius 2 is 1.88 bits per heavy atom. The molecule has 40 heavy (non-hydrogen) atoms. The molecule has 2 aliphatic heterocycles. The van der Waals surface area contributed by atoms with Crippen LogP contribution in [0.25, 0.3) is 11.1 Å². The molecule has 0 saturated carbocycles. The van der Waals surface area contributed by atoms with Gasteiger partial charge in [-0.05, 0) is 43.4 Å². The van der Waals surface area contributed by atoms with Gasteiger partial charge in [0, 0.05) is 44.1 Å². The molecule has 11 heteroatoms. The summed E-state index contributed by atoms with van der Waals surface area (Å²) in [6, 6.07) is 5.10. The van der Waals surface area contributed by atoms with Gasteiger partial charge < -0.3 is 25.4 Å². The zero-order chi connectivity index (χ0) is 28.4. The molecule has 212 valence electrons. The van der Waals surface area contributed by atoms with Crippen molar-refractivity contribution in [1.82, 2.24) is 4.98 Å². The summed E-state index contributed by atoms with van der Waals surface area (Å²) in [6.45, 7) is 4.17. The number of carbonyl (C=O) groups excluding carboxylic acids is 1. The van der Waals surface area contributed by atoms with Crippen molar-refractivity contribution in [2.75, 3.05) is 36.5 Å². The number of nitrogens with two attached hydrogens (primary N) is 1. The van der Waals surface area contributed by atoms with Crippen LogP contribution in [0.15, 0.2) is 42.7 Å². The summed E-state index contributed by atoms with van der Waals surface area (Å²) in [5.74, 6) is -5.82. The number of aromatic nitrogens is 1. The normalized spacial score (nSPS) is 21.2. The number of carbonyl (C=O) groups is 1.